The molecule has 36 heavy (non-hydrogen) atoms. The first-order chi connectivity index (χ1) is 16.7. The van der Waals surface area contributed by atoms with Crippen LogP contribution in [-0.2, 0) is 27.4 Å². The first-order valence-electron chi connectivity index (χ1n) is 11.4. The Morgan fingerprint density at radius 3 is 2.11 bits per heavy atom. The molecule has 1 amide bonds. The predicted octanol–water partition coefficient (Wildman–Crippen LogP) is 4.70. The van der Waals surface area contributed by atoms with Gasteiger partial charge in [-0.15, -0.1) is 0 Å². The second kappa shape index (κ2) is 9.35. The first kappa shape index (κ1) is 26.4. The normalized spacial score (nSPS) is 27.8. The SMILES string of the molecule is C[C@@H](OC[C@@]1(c2ccccc2)CC[C@]2(CN1)NC(=O)C[C@@H]2O)c1cc(C(F)(F)F)cc(C(F)(F)F)c1. The lowest BCUT2D eigenvalue weighted by atomic mass is 9.75. The monoisotopic (exact) mass is 516 g/mol. The summed E-state index contributed by atoms with van der Waals surface area (Å²) < 4.78 is 85.7. The third-order valence-corrected chi connectivity index (χ3v) is 7.13. The summed E-state index contributed by atoms with van der Waals surface area (Å²) in [5.41, 5.74) is -3.91. The van der Waals surface area contributed by atoms with Crippen molar-refractivity contribution in [3.05, 3.63) is 70.8 Å². The molecule has 11 heteroatoms. The van der Waals surface area contributed by atoms with Gasteiger partial charge >= 0.3 is 12.4 Å². The van der Waals surface area contributed by atoms with Crippen LogP contribution in [0.4, 0.5) is 26.3 Å². The number of aliphatic hydroxyl groups excluding tert-OH is 1. The number of hydrogen-bond acceptors (Lipinski definition) is 4. The number of rotatable bonds is 5. The average molecular weight is 516 g/mol. The van der Waals surface area contributed by atoms with Gasteiger partial charge in [-0.25, -0.2) is 0 Å². The molecule has 2 aromatic rings. The summed E-state index contributed by atoms with van der Waals surface area (Å²) >= 11 is 0. The van der Waals surface area contributed by atoms with E-state index in [0.29, 0.717) is 25.0 Å². The zero-order valence-corrected chi connectivity index (χ0v) is 19.3. The van der Waals surface area contributed by atoms with Crippen molar-refractivity contribution < 1.29 is 41.0 Å². The Morgan fingerprint density at radius 1 is 1.03 bits per heavy atom. The molecule has 2 fully saturated rings. The van der Waals surface area contributed by atoms with Crippen molar-refractivity contribution >= 4 is 5.91 Å². The van der Waals surface area contributed by atoms with Gasteiger partial charge in [0.05, 0.1) is 47.4 Å². The number of halogens is 6. The summed E-state index contributed by atoms with van der Waals surface area (Å²) in [6, 6.07) is 10.5. The summed E-state index contributed by atoms with van der Waals surface area (Å²) in [5.74, 6) is -0.258. The van der Waals surface area contributed by atoms with Crippen LogP contribution in [0.2, 0.25) is 0 Å². The highest BCUT2D eigenvalue weighted by molar-refractivity contribution is 5.80. The molecule has 5 nitrogen and oxygen atoms in total. The van der Waals surface area contributed by atoms with Crippen molar-refractivity contribution in [3.8, 4) is 0 Å². The molecule has 0 aromatic heterocycles. The number of carbonyl (C=O) groups excluding carboxylic acids is 1. The van der Waals surface area contributed by atoms with Crippen LogP contribution < -0.4 is 10.6 Å². The largest absolute Gasteiger partial charge is 0.416 e. The van der Waals surface area contributed by atoms with E-state index in [1.807, 2.05) is 18.2 Å². The van der Waals surface area contributed by atoms with E-state index < -0.39 is 46.8 Å². The lowest BCUT2D eigenvalue weighted by molar-refractivity contribution is -0.143. The van der Waals surface area contributed by atoms with Crippen molar-refractivity contribution in [2.45, 2.75) is 61.8 Å². The zero-order chi connectivity index (χ0) is 26.4. The van der Waals surface area contributed by atoms with Gasteiger partial charge in [0.2, 0.25) is 5.91 Å². The van der Waals surface area contributed by atoms with Crippen LogP contribution in [0.3, 0.4) is 0 Å². The van der Waals surface area contributed by atoms with E-state index in [-0.39, 0.29) is 37.1 Å². The van der Waals surface area contributed by atoms with Gasteiger partial charge in [-0.2, -0.15) is 26.3 Å². The topological polar surface area (TPSA) is 70.6 Å². The minimum absolute atomic E-state index is 0.00929. The molecule has 4 atom stereocenters. The van der Waals surface area contributed by atoms with Crippen LogP contribution in [0.1, 0.15) is 54.5 Å². The van der Waals surface area contributed by atoms with Crippen LogP contribution in [0.15, 0.2) is 48.5 Å². The Morgan fingerprint density at radius 2 is 1.64 bits per heavy atom. The molecular weight excluding hydrogens is 490 g/mol. The van der Waals surface area contributed by atoms with Crippen LogP contribution in [0.25, 0.3) is 0 Å². The second-order valence-corrected chi connectivity index (χ2v) is 9.52. The van der Waals surface area contributed by atoms with E-state index in [9.17, 15) is 36.2 Å². The number of hydrogen-bond donors (Lipinski definition) is 3. The fourth-order valence-electron chi connectivity index (χ4n) is 4.90. The highest BCUT2D eigenvalue weighted by Crippen LogP contribution is 2.41. The van der Waals surface area contributed by atoms with E-state index in [1.54, 1.807) is 12.1 Å². The summed E-state index contributed by atoms with van der Waals surface area (Å²) in [4.78, 5) is 11.8. The maximum Gasteiger partial charge on any atom is 0.416 e. The van der Waals surface area contributed by atoms with Crippen molar-refractivity contribution in [2.75, 3.05) is 13.2 Å². The minimum atomic E-state index is -4.95. The number of carbonyl (C=O) groups is 1. The maximum absolute atomic E-state index is 13.3. The van der Waals surface area contributed by atoms with Crippen molar-refractivity contribution in [1.82, 2.24) is 10.6 Å². The zero-order valence-electron chi connectivity index (χ0n) is 19.3. The van der Waals surface area contributed by atoms with E-state index in [1.165, 1.54) is 6.92 Å². The Hall–Kier alpha value is -2.63. The number of piperidine rings is 1. The van der Waals surface area contributed by atoms with Gasteiger partial charge in [0, 0.05) is 6.54 Å². The number of benzene rings is 2. The Kier molecular flexibility index (Phi) is 6.87. The molecule has 2 heterocycles. The van der Waals surface area contributed by atoms with Crippen LogP contribution >= 0.6 is 0 Å². The molecule has 1 spiro atoms. The highest BCUT2D eigenvalue weighted by atomic mass is 19.4. The van der Waals surface area contributed by atoms with E-state index in [0.717, 1.165) is 5.56 Å². The molecule has 0 radical (unpaired) electrons. The molecule has 0 aliphatic carbocycles. The van der Waals surface area contributed by atoms with Crippen molar-refractivity contribution in [2.24, 2.45) is 0 Å². The lowest BCUT2D eigenvalue weighted by Crippen LogP contribution is -2.65. The van der Waals surface area contributed by atoms with E-state index >= 15 is 0 Å². The van der Waals surface area contributed by atoms with Gasteiger partial charge < -0.3 is 20.5 Å². The molecule has 196 valence electrons. The fraction of sp³-hybridized carbons (Fsp3) is 0.480. The first-order valence-corrected chi connectivity index (χ1v) is 11.4. The van der Waals surface area contributed by atoms with Gasteiger partial charge in [-0.1, -0.05) is 30.3 Å². The number of amides is 1. The lowest BCUT2D eigenvalue weighted by Gasteiger charge is -2.47. The smallest absolute Gasteiger partial charge is 0.390 e. The van der Waals surface area contributed by atoms with Gasteiger partial charge in [0.25, 0.3) is 0 Å². The molecule has 2 saturated heterocycles. The Bertz CT molecular complexity index is 1060. The minimum Gasteiger partial charge on any atom is -0.390 e. The molecule has 0 bridgehead atoms. The maximum atomic E-state index is 13.3. The number of aliphatic hydroxyl groups is 1. The standard InChI is InChI=1S/C25H26F6N2O3/c1-15(16-9-18(24(26,27)28)11-19(10-16)25(29,30)31)36-14-23(17-5-3-2-4-6-17)8-7-22(13-32-23)20(34)12-21(35)33-22/h2-6,9-11,15,20,32,34H,7-8,12-14H2,1H3,(H,33,35)/t15-,20+,22-,23-/m1/s1. The van der Waals surface area contributed by atoms with Crippen molar-refractivity contribution in [1.29, 1.82) is 0 Å². The molecular formula is C25H26F6N2O3. The molecule has 2 aromatic carbocycles. The van der Waals surface area contributed by atoms with Gasteiger partial charge in [-0.3, -0.25) is 4.79 Å². The molecule has 2 aliphatic heterocycles. The van der Waals surface area contributed by atoms with Crippen molar-refractivity contribution in [3.63, 3.8) is 0 Å². The van der Waals surface area contributed by atoms with E-state index in [2.05, 4.69) is 10.6 Å². The molecule has 0 unspecified atom stereocenters. The second-order valence-electron chi connectivity index (χ2n) is 9.52. The number of alkyl halides is 6. The fourth-order valence-corrected chi connectivity index (χ4v) is 4.90. The highest BCUT2D eigenvalue weighted by Gasteiger charge is 2.51. The Balaban J connectivity index is 1.59. The summed E-state index contributed by atoms with van der Waals surface area (Å²) in [6.45, 7) is 1.56. The third kappa shape index (κ3) is 5.23. The molecule has 0 saturated carbocycles. The Labute approximate surface area is 203 Å². The van der Waals surface area contributed by atoms with Gasteiger partial charge in [-0.05, 0) is 49.1 Å². The van der Waals surface area contributed by atoms with Crippen LogP contribution in [-0.4, -0.2) is 35.8 Å². The van der Waals surface area contributed by atoms with Gasteiger partial charge in [0.1, 0.15) is 0 Å². The van der Waals surface area contributed by atoms with Gasteiger partial charge in [0.15, 0.2) is 0 Å². The van der Waals surface area contributed by atoms with Crippen LogP contribution in [0, 0.1) is 0 Å². The predicted molar refractivity (Wildman–Crippen MR) is 118 cm³/mol. The third-order valence-electron chi connectivity index (χ3n) is 7.13. The molecule has 3 N–H and O–H groups in total. The van der Waals surface area contributed by atoms with Crippen LogP contribution in [0.5, 0.6) is 0 Å². The number of ether oxygens (including phenoxy) is 1. The summed E-state index contributed by atoms with van der Waals surface area (Å²) in [6.07, 6.45) is -11.1. The quantitative estimate of drug-likeness (QED) is 0.504. The summed E-state index contributed by atoms with van der Waals surface area (Å²) in [7, 11) is 0. The molecule has 2 aliphatic rings. The molecule has 4 rings (SSSR count). The number of nitrogens with one attached hydrogen (secondary N) is 2. The average Bonchev–Trinajstić information content (AvgIpc) is 3.10. The van der Waals surface area contributed by atoms with E-state index in [4.69, 9.17) is 4.74 Å². The summed E-state index contributed by atoms with van der Waals surface area (Å²) in [5, 5.41) is 16.6.